The highest BCUT2D eigenvalue weighted by Crippen LogP contribution is 2.26. The molecule has 1 aliphatic rings. The predicted octanol–water partition coefficient (Wildman–Crippen LogP) is 3.80. The van der Waals surface area contributed by atoms with E-state index in [1.165, 1.54) is 37.8 Å². The molecule has 1 fully saturated rings. The van der Waals surface area contributed by atoms with Gasteiger partial charge in [0, 0.05) is 24.3 Å². The molecule has 0 aromatic heterocycles. The smallest absolute Gasteiger partial charge is 0.150 e. The zero-order chi connectivity index (χ0) is 13.0. The van der Waals surface area contributed by atoms with Crippen LogP contribution in [0, 0.1) is 5.82 Å². The van der Waals surface area contributed by atoms with Crippen molar-refractivity contribution < 1.29 is 9.18 Å². The number of aldehydes is 1. The fourth-order valence-electron chi connectivity index (χ4n) is 2.72. The minimum atomic E-state index is -0.338. The third-order valence-corrected chi connectivity index (χ3v) is 3.82. The Morgan fingerprint density at radius 2 is 1.83 bits per heavy atom. The lowest BCUT2D eigenvalue weighted by atomic mass is 10.1. The quantitative estimate of drug-likeness (QED) is 0.600. The lowest BCUT2D eigenvalue weighted by Gasteiger charge is -2.29. The van der Waals surface area contributed by atoms with Gasteiger partial charge in [-0.15, -0.1) is 0 Å². The molecule has 2 rings (SSSR count). The van der Waals surface area contributed by atoms with E-state index in [1.807, 2.05) is 7.05 Å². The second-order valence-corrected chi connectivity index (χ2v) is 5.12. The summed E-state index contributed by atoms with van der Waals surface area (Å²) in [7, 11) is 2.00. The molecule has 1 saturated carbocycles. The average Bonchev–Trinajstić information content (AvgIpc) is 2.65. The first-order valence-electron chi connectivity index (χ1n) is 6.69. The molecule has 0 spiro atoms. The Hall–Kier alpha value is -1.38. The van der Waals surface area contributed by atoms with Crippen LogP contribution >= 0.6 is 0 Å². The molecule has 1 aromatic carbocycles. The van der Waals surface area contributed by atoms with Crippen molar-refractivity contribution in [3.8, 4) is 0 Å². The molecule has 1 aromatic rings. The Morgan fingerprint density at radius 1 is 1.17 bits per heavy atom. The van der Waals surface area contributed by atoms with E-state index in [1.54, 1.807) is 6.07 Å². The van der Waals surface area contributed by atoms with Gasteiger partial charge in [0.1, 0.15) is 12.1 Å². The van der Waals surface area contributed by atoms with Crippen LogP contribution < -0.4 is 4.90 Å². The van der Waals surface area contributed by atoms with Gasteiger partial charge in [0.2, 0.25) is 0 Å². The van der Waals surface area contributed by atoms with E-state index >= 15 is 0 Å². The molecule has 0 amide bonds. The van der Waals surface area contributed by atoms with Gasteiger partial charge in [-0.2, -0.15) is 0 Å². The van der Waals surface area contributed by atoms with Crippen LogP contribution in [0.25, 0.3) is 0 Å². The molecule has 98 valence electrons. The van der Waals surface area contributed by atoms with Crippen molar-refractivity contribution in [2.24, 2.45) is 0 Å². The summed E-state index contributed by atoms with van der Waals surface area (Å²) in [6, 6.07) is 5.02. The van der Waals surface area contributed by atoms with Crippen LogP contribution in [0.3, 0.4) is 0 Å². The Morgan fingerprint density at radius 3 is 2.44 bits per heavy atom. The molecule has 2 nitrogen and oxygen atoms in total. The number of benzene rings is 1. The molecule has 3 heteroatoms. The Labute approximate surface area is 108 Å². The van der Waals surface area contributed by atoms with Gasteiger partial charge in [-0.05, 0) is 31.0 Å². The summed E-state index contributed by atoms with van der Waals surface area (Å²) in [6.07, 6.45) is 8.09. The molecule has 0 radical (unpaired) electrons. The van der Waals surface area contributed by atoms with E-state index in [0.29, 0.717) is 17.9 Å². The first-order chi connectivity index (χ1) is 8.70. The zero-order valence-electron chi connectivity index (χ0n) is 10.9. The second kappa shape index (κ2) is 5.98. The van der Waals surface area contributed by atoms with Crippen LogP contribution in [0.2, 0.25) is 0 Å². The fourth-order valence-corrected chi connectivity index (χ4v) is 2.72. The van der Waals surface area contributed by atoms with Crippen molar-refractivity contribution in [1.29, 1.82) is 0 Å². The van der Waals surface area contributed by atoms with Gasteiger partial charge in [-0.25, -0.2) is 4.39 Å². The first-order valence-corrected chi connectivity index (χ1v) is 6.69. The number of nitrogens with zero attached hydrogens (tertiary/aromatic N) is 1. The van der Waals surface area contributed by atoms with Gasteiger partial charge >= 0.3 is 0 Å². The summed E-state index contributed by atoms with van der Waals surface area (Å²) in [6.45, 7) is 0. The molecular weight excluding hydrogens is 229 g/mol. The number of hydrogen-bond acceptors (Lipinski definition) is 2. The van der Waals surface area contributed by atoms with Crippen molar-refractivity contribution >= 4 is 12.0 Å². The molecule has 0 unspecified atom stereocenters. The summed E-state index contributed by atoms with van der Waals surface area (Å²) < 4.78 is 13.4. The minimum Gasteiger partial charge on any atom is -0.372 e. The Bertz CT molecular complexity index is 411. The molecule has 1 aliphatic carbocycles. The van der Waals surface area contributed by atoms with Gasteiger partial charge in [-0.3, -0.25) is 4.79 Å². The van der Waals surface area contributed by atoms with Crippen LogP contribution in [0.4, 0.5) is 10.1 Å². The van der Waals surface area contributed by atoms with Crippen LogP contribution in [-0.4, -0.2) is 19.4 Å². The Balaban J connectivity index is 2.18. The van der Waals surface area contributed by atoms with E-state index in [-0.39, 0.29) is 5.82 Å². The number of hydrogen-bond donors (Lipinski definition) is 0. The molecule has 18 heavy (non-hydrogen) atoms. The van der Waals surface area contributed by atoms with Crippen LogP contribution in [-0.2, 0) is 0 Å². The van der Waals surface area contributed by atoms with Crippen molar-refractivity contribution in [1.82, 2.24) is 0 Å². The zero-order valence-corrected chi connectivity index (χ0v) is 10.9. The first kappa shape index (κ1) is 13.1. The Kier molecular flexibility index (Phi) is 4.34. The standard InChI is InChI=1S/C15H20FNO/c1-17(14-6-4-2-3-5-7-14)15-9-12(11-18)8-13(16)10-15/h8-11,14H,2-7H2,1H3. The lowest BCUT2D eigenvalue weighted by Crippen LogP contribution is -2.31. The second-order valence-electron chi connectivity index (χ2n) is 5.12. The topological polar surface area (TPSA) is 20.3 Å². The summed E-state index contributed by atoms with van der Waals surface area (Å²) >= 11 is 0. The maximum absolute atomic E-state index is 13.4. The number of anilines is 1. The van der Waals surface area contributed by atoms with Gasteiger partial charge in [-0.1, -0.05) is 25.7 Å². The van der Waals surface area contributed by atoms with E-state index in [4.69, 9.17) is 0 Å². The fraction of sp³-hybridized carbons (Fsp3) is 0.533. The van der Waals surface area contributed by atoms with Crippen molar-refractivity contribution in [3.63, 3.8) is 0 Å². The highest BCUT2D eigenvalue weighted by atomic mass is 19.1. The molecule has 0 saturated heterocycles. The molecule has 0 heterocycles. The van der Waals surface area contributed by atoms with Crippen molar-refractivity contribution in [2.75, 3.05) is 11.9 Å². The maximum Gasteiger partial charge on any atom is 0.150 e. The molecular formula is C15H20FNO. The number of carbonyl (C=O) groups excluding carboxylic acids is 1. The largest absolute Gasteiger partial charge is 0.372 e. The van der Waals surface area contributed by atoms with Gasteiger partial charge in [0.25, 0.3) is 0 Å². The van der Waals surface area contributed by atoms with Gasteiger partial charge < -0.3 is 4.90 Å². The summed E-state index contributed by atoms with van der Waals surface area (Å²) in [5, 5.41) is 0. The summed E-state index contributed by atoms with van der Waals surface area (Å²) in [5.41, 5.74) is 1.22. The third-order valence-electron chi connectivity index (χ3n) is 3.82. The van der Waals surface area contributed by atoms with Gasteiger partial charge in [0.05, 0.1) is 0 Å². The van der Waals surface area contributed by atoms with E-state index in [2.05, 4.69) is 4.90 Å². The maximum atomic E-state index is 13.4. The van der Waals surface area contributed by atoms with Crippen LogP contribution in [0.1, 0.15) is 48.9 Å². The predicted molar refractivity (Wildman–Crippen MR) is 71.7 cm³/mol. The lowest BCUT2D eigenvalue weighted by molar-refractivity contribution is 0.112. The average molecular weight is 249 g/mol. The molecule has 0 aliphatic heterocycles. The van der Waals surface area contributed by atoms with E-state index in [0.717, 1.165) is 18.5 Å². The summed E-state index contributed by atoms with van der Waals surface area (Å²) in [4.78, 5) is 12.9. The minimum absolute atomic E-state index is 0.338. The van der Waals surface area contributed by atoms with Crippen molar-refractivity contribution in [2.45, 2.75) is 44.6 Å². The highest BCUT2D eigenvalue weighted by Gasteiger charge is 2.18. The third kappa shape index (κ3) is 3.09. The number of rotatable bonds is 3. The monoisotopic (exact) mass is 249 g/mol. The van der Waals surface area contributed by atoms with Gasteiger partial charge in [0.15, 0.2) is 0 Å². The highest BCUT2D eigenvalue weighted by molar-refractivity contribution is 5.77. The number of carbonyl (C=O) groups is 1. The van der Waals surface area contributed by atoms with Crippen molar-refractivity contribution in [3.05, 3.63) is 29.6 Å². The molecule has 0 bridgehead atoms. The van der Waals surface area contributed by atoms with E-state index < -0.39 is 0 Å². The molecule has 0 atom stereocenters. The summed E-state index contributed by atoms with van der Waals surface area (Å²) in [5.74, 6) is -0.338. The molecule has 0 N–H and O–H groups in total. The van der Waals surface area contributed by atoms with Crippen LogP contribution in [0.5, 0.6) is 0 Å². The normalized spacial score (nSPS) is 17.2. The van der Waals surface area contributed by atoms with E-state index in [9.17, 15) is 9.18 Å². The SMILES string of the molecule is CN(c1cc(F)cc(C=O)c1)C1CCCCCC1. The number of halogens is 1. The van der Waals surface area contributed by atoms with Crippen LogP contribution in [0.15, 0.2) is 18.2 Å².